The van der Waals surface area contributed by atoms with Crippen LogP contribution in [0.25, 0.3) is 10.3 Å². The van der Waals surface area contributed by atoms with Gasteiger partial charge in [-0.15, -0.1) is 0 Å². The summed E-state index contributed by atoms with van der Waals surface area (Å²) < 4.78 is 8.13. The molecular formula is C13H18N4O3S. The average Bonchev–Trinajstić information content (AvgIpc) is 2.90. The third-order valence-corrected chi connectivity index (χ3v) is 4.90. The van der Waals surface area contributed by atoms with Crippen molar-refractivity contribution < 1.29 is 9.84 Å². The molecule has 2 aromatic rings. The Hall–Kier alpha value is -1.51. The van der Waals surface area contributed by atoms with Crippen LogP contribution in [-0.4, -0.2) is 31.8 Å². The average molecular weight is 310 g/mol. The molecule has 21 heavy (non-hydrogen) atoms. The summed E-state index contributed by atoms with van der Waals surface area (Å²) in [6.07, 6.45) is -0.572. The number of aromatic nitrogens is 3. The summed E-state index contributed by atoms with van der Waals surface area (Å²) in [4.78, 5) is 20.5. The van der Waals surface area contributed by atoms with Crippen molar-refractivity contribution in [2.75, 3.05) is 5.73 Å². The molecule has 0 saturated carbocycles. The molecule has 1 fully saturated rings. The molecule has 0 aliphatic carbocycles. The van der Waals surface area contributed by atoms with E-state index in [1.165, 1.54) is 4.57 Å². The van der Waals surface area contributed by atoms with Crippen LogP contribution in [0.3, 0.4) is 0 Å². The van der Waals surface area contributed by atoms with Crippen molar-refractivity contribution in [1.29, 1.82) is 0 Å². The quantitative estimate of drug-likeness (QED) is 0.859. The molecule has 1 saturated heterocycles. The van der Waals surface area contributed by atoms with Gasteiger partial charge in [-0.05, 0) is 20.3 Å². The highest BCUT2D eigenvalue weighted by Crippen LogP contribution is 2.37. The van der Waals surface area contributed by atoms with Gasteiger partial charge >= 0.3 is 4.87 Å². The Morgan fingerprint density at radius 2 is 2.24 bits per heavy atom. The summed E-state index contributed by atoms with van der Waals surface area (Å²) in [5.74, 6) is 0.251. The van der Waals surface area contributed by atoms with Gasteiger partial charge in [-0.2, -0.15) is 4.98 Å². The van der Waals surface area contributed by atoms with E-state index >= 15 is 0 Å². The van der Waals surface area contributed by atoms with Gasteiger partial charge in [0.15, 0.2) is 5.65 Å². The third kappa shape index (κ3) is 2.33. The molecule has 0 aromatic carbocycles. The van der Waals surface area contributed by atoms with Crippen LogP contribution < -0.4 is 10.6 Å². The van der Waals surface area contributed by atoms with Gasteiger partial charge in [-0.25, -0.2) is 4.98 Å². The molecule has 3 N–H and O–H groups in total. The van der Waals surface area contributed by atoms with Gasteiger partial charge in [0.2, 0.25) is 5.95 Å². The first-order chi connectivity index (χ1) is 9.88. The molecule has 114 valence electrons. The fraction of sp³-hybridized carbons (Fsp3) is 0.615. The van der Waals surface area contributed by atoms with Crippen molar-refractivity contribution in [3.8, 4) is 0 Å². The van der Waals surface area contributed by atoms with Gasteiger partial charge in [-0.3, -0.25) is 9.36 Å². The topological polar surface area (TPSA) is 103 Å². The van der Waals surface area contributed by atoms with Crippen LogP contribution in [0.5, 0.6) is 0 Å². The molecule has 0 radical (unpaired) electrons. The van der Waals surface area contributed by atoms with E-state index in [2.05, 4.69) is 9.97 Å². The first-order valence-corrected chi connectivity index (χ1v) is 7.68. The number of nitrogens with zero attached hydrogens (tertiary/aromatic N) is 3. The van der Waals surface area contributed by atoms with Crippen LogP contribution in [-0.2, 0) is 4.74 Å². The summed E-state index contributed by atoms with van der Waals surface area (Å²) in [6, 6.07) is 0. The molecule has 0 spiro atoms. The second-order valence-electron chi connectivity index (χ2n) is 5.58. The van der Waals surface area contributed by atoms with Gasteiger partial charge in [-0.1, -0.05) is 18.3 Å². The number of aryl methyl sites for hydroxylation is 1. The Morgan fingerprint density at radius 1 is 1.52 bits per heavy atom. The highest BCUT2D eigenvalue weighted by Gasteiger charge is 2.37. The minimum atomic E-state index is -0.570. The predicted molar refractivity (Wildman–Crippen MR) is 80.2 cm³/mol. The largest absolute Gasteiger partial charge is 0.391 e. The number of anilines is 1. The normalized spacial score (nSPS) is 27.3. The lowest BCUT2D eigenvalue weighted by Gasteiger charge is -2.18. The summed E-state index contributed by atoms with van der Waals surface area (Å²) in [7, 11) is 0. The van der Waals surface area contributed by atoms with E-state index in [0.717, 1.165) is 16.0 Å². The Morgan fingerprint density at radius 3 is 2.86 bits per heavy atom. The number of thiazole rings is 1. The van der Waals surface area contributed by atoms with E-state index in [1.807, 2.05) is 6.92 Å². The van der Waals surface area contributed by atoms with E-state index in [4.69, 9.17) is 10.5 Å². The summed E-state index contributed by atoms with van der Waals surface area (Å²) in [5.41, 5.74) is 6.90. The fourth-order valence-electron chi connectivity index (χ4n) is 2.78. The van der Waals surface area contributed by atoms with Crippen LogP contribution in [0, 0.1) is 12.8 Å². The van der Waals surface area contributed by atoms with Crippen LogP contribution in [0.15, 0.2) is 4.79 Å². The third-order valence-electron chi connectivity index (χ3n) is 3.85. The minimum absolute atomic E-state index is 0.108. The number of rotatable bonds is 2. The minimum Gasteiger partial charge on any atom is -0.391 e. The van der Waals surface area contributed by atoms with Crippen molar-refractivity contribution in [2.24, 2.45) is 5.92 Å². The molecule has 3 rings (SSSR count). The van der Waals surface area contributed by atoms with Gasteiger partial charge in [0.05, 0.1) is 22.6 Å². The molecule has 4 atom stereocenters. The van der Waals surface area contributed by atoms with E-state index in [0.29, 0.717) is 17.8 Å². The smallest absolute Gasteiger partial charge is 0.311 e. The number of aliphatic hydroxyl groups excluding tert-OH is 1. The summed E-state index contributed by atoms with van der Waals surface area (Å²) >= 11 is 1.10. The maximum atomic E-state index is 12.3. The molecule has 2 aromatic heterocycles. The Kier molecular flexibility index (Phi) is 3.46. The first kappa shape index (κ1) is 14.4. The molecule has 8 heteroatoms. The van der Waals surface area contributed by atoms with Crippen molar-refractivity contribution in [2.45, 2.75) is 45.6 Å². The highest BCUT2D eigenvalue weighted by molar-refractivity contribution is 7.16. The number of hydrogen-bond acceptors (Lipinski definition) is 7. The van der Waals surface area contributed by atoms with Crippen LogP contribution in [0.1, 0.15) is 32.2 Å². The van der Waals surface area contributed by atoms with Crippen LogP contribution >= 0.6 is 11.3 Å². The van der Waals surface area contributed by atoms with Crippen molar-refractivity contribution in [1.82, 2.24) is 14.5 Å². The van der Waals surface area contributed by atoms with Crippen molar-refractivity contribution in [3.05, 3.63) is 15.4 Å². The van der Waals surface area contributed by atoms with Gasteiger partial charge in [0, 0.05) is 5.92 Å². The van der Waals surface area contributed by atoms with E-state index in [-0.39, 0.29) is 22.8 Å². The number of hydrogen-bond donors (Lipinski definition) is 2. The maximum Gasteiger partial charge on any atom is 0.311 e. The predicted octanol–water partition coefficient (Wildman–Crippen LogP) is 1.05. The molecule has 0 amide bonds. The highest BCUT2D eigenvalue weighted by atomic mass is 32.1. The zero-order valence-electron chi connectivity index (χ0n) is 12.1. The molecule has 1 aliphatic heterocycles. The second kappa shape index (κ2) is 5.04. The number of nitrogen functional groups attached to an aromatic ring is 1. The van der Waals surface area contributed by atoms with Crippen LogP contribution in [0.2, 0.25) is 0 Å². The Labute approximate surface area is 125 Å². The van der Waals surface area contributed by atoms with Gasteiger partial charge < -0.3 is 15.6 Å². The summed E-state index contributed by atoms with van der Waals surface area (Å²) in [6.45, 7) is 5.50. The fourth-order valence-corrected chi connectivity index (χ4v) is 3.67. The molecule has 7 nitrogen and oxygen atoms in total. The first-order valence-electron chi connectivity index (χ1n) is 6.87. The van der Waals surface area contributed by atoms with E-state index in [9.17, 15) is 9.90 Å². The van der Waals surface area contributed by atoms with Crippen molar-refractivity contribution in [3.63, 3.8) is 0 Å². The van der Waals surface area contributed by atoms with Crippen LogP contribution in [0.4, 0.5) is 5.95 Å². The van der Waals surface area contributed by atoms with E-state index in [1.54, 1.807) is 13.8 Å². The molecule has 0 bridgehead atoms. The van der Waals surface area contributed by atoms with Gasteiger partial charge in [0.1, 0.15) is 6.23 Å². The van der Waals surface area contributed by atoms with Gasteiger partial charge in [0.25, 0.3) is 0 Å². The Bertz CT molecular complexity index is 739. The standard InChI is InChI=1S/C13H18N4O3S/c1-5-4-8(7(3)18)20-11(5)17-10-9(21-13(17)19)6(2)15-12(14)16-10/h5,7-8,11,18H,4H2,1-3H3,(H2,14,15,16)/t5-,7?,8+,11-/m1/s1. The summed E-state index contributed by atoms with van der Waals surface area (Å²) in [5, 5.41) is 9.70. The number of aliphatic hydroxyl groups is 1. The van der Waals surface area contributed by atoms with Crippen molar-refractivity contribution >= 4 is 27.6 Å². The zero-order chi connectivity index (χ0) is 15.3. The zero-order valence-corrected chi connectivity index (χ0v) is 12.9. The molecule has 1 unspecified atom stereocenters. The maximum absolute atomic E-state index is 12.3. The molecule has 1 aliphatic rings. The lowest BCUT2D eigenvalue weighted by Crippen LogP contribution is -2.26. The number of fused-ring (bicyclic) bond motifs is 1. The lowest BCUT2D eigenvalue weighted by molar-refractivity contribution is -0.0579. The number of nitrogens with two attached hydrogens (primary N) is 1. The Balaban J connectivity index is 2.13. The van der Waals surface area contributed by atoms with E-state index < -0.39 is 12.3 Å². The molecular weight excluding hydrogens is 292 g/mol. The SMILES string of the molecule is Cc1nc(N)nc2c1sc(=O)n2[C@@H]1O[C@H](C(C)O)C[C@H]1C. The lowest BCUT2D eigenvalue weighted by atomic mass is 10.0. The monoisotopic (exact) mass is 310 g/mol. The number of ether oxygens (including phenoxy) is 1. The second-order valence-corrected chi connectivity index (χ2v) is 6.54. The molecule has 3 heterocycles.